The summed E-state index contributed by atoms with van der Waals surface area (Å²) in [7, 11) is 0. The summed E-state index contributed by atoms with van der Waals surface area (Å²) in [4.78, 5) is 10.9. The Morgan fingerprint density at radius 2 is 2.00 bits per heavy atom. The Hall–Kier alpha value is -2.49. The average molecular weight is 410 g/mol. The van der Waals surface area contributed by atoms with Crippen molar-refractivity contribution < 1.29 is 23.4 Å². The van der Waals surface area contributed by atoms with Crippen LogP contribution in [0.5, 0.6) is 5.75 Å². The van der Waals surface area contributed by atoms with Crippen molar-refractivity contribution in [3.8, 4) is 5.75 Å². The number of aromatic nitrogens is 3. The summed E-state index contributed by atoms with van der Waals surface area (Å²) in [5, 5.41) is 22.2. The van der Waals surface area contributed by atoms with Crippen molar-refractivity contribution in [2.24, 2.45) is 5.10 Å². The maximum atomic E-state index is 12.2. The van der Waals surface area contributed by atoms with Crippen molar-refractivity contribution in [1.82, 2.24) is 14.9 Å². The number of benzene rings is 1. The molecular formula is C18H20F2N4O3S. The van der Waals surface area contributed by atoms with Crippen LogP contribution >= 0.6 is 11.8 Å². The van der Waals surface area contributed by atoms with Crippen LogP contribution in [0, 0.1) is 0 Å². The van der Waals surface area contributed by atoms with Crippen LogP contribution in [0.1, 0.15) is 49.4 Å². The molecule has 1 aromatic carbocycles. The summed E-state index contributed by atoms with van der Waals surface area (Å²) in [6.45, 7) is -2.87. The molecular weight excluding hydrogens is 390 g/mol. The molecule has 0 amide bonds. The third-order valence-electron chi connectivity index (χ3n) is 4.36. The van der Waals surface area contributed by atoms with E-state index in [4.69, 9.17) is 5.11 Å². The van der Waals surface area contributed by atoms with Crippen LogP contribution in [0.4, 0.5) is 8.78 Å². The van der Waals surface area contributed by atoms with Gasteiger partial charge in [0, 0.05) is 5.92 Å². The molecule has 1 N–H and O–H groups in total. The standard InChI is InChI=1S/C18H20F2N4O3S/c19-17(20)27-14-8-6-12(7-9-14)10-21-24-16(13-4-2-1-3-5-13)22-23-18(24)28-11-15(25)26/h6-10,13,17H,1-5,11H2,(H,25,26)/b21-10-. The Morgan fingerprint density at radius 1 is 1.29 bits per heavy atom. The lowest BCUT2D eigenvalue weighted by molar-refractivity contribution is -0.133. The van der Waals surface area contributed by atoms with Gasteiger partial charge in [-0.3, -0.25) is 4.79 Å². The Balaban J connectivity index is 1.81. The summed E-state index contributed by atoms with van der Waals surface area (Å²) in [6.07, 6.45) is 6.98. The van der Waals surface area contributed by atoms with Crippen LogP contribution in [0.3, 0.4) is 0 Å². The van der Waals surface area contributed by atoms with E-state index in [1.54, 1.807) is 23.0 Å². The monoisotopic (exact) mass is 410 g/mol. The minimum Gasteiger partial charge on any atom is -0.481 e. The van der Waals surface area contributed by atoms with Crippen molar-refractivity contribution in [1.29, 1.82) is 0 Å². The van der Waals surface area contributed by atoms with E-state index in [2.05, 4.69) is 20.0 Å². The number of halogens is 2. The van der Waals surface area contributed by atoms with Gasteiger partial charge < -0.3 is 9.84 Å². The van der Waals surface area contributed by atoms with Gasteiger partial charge in [0.05, 0.1) is 12.0 Å². The third-order valence-corrected chi connectivity index (χ3v) is 5.26. The number of thioether (sulfide) groups is 1. The predicted octanol–water partition coefficient (Wildman–Crippen LogP) is 3.99. The van der Waals surface area contributed by atoms with E-state index in [0.29, 0.717) is 10.7 Å². The van der Waals surface area contributed by atoms with Gasteiger partial charge in [-0.2, -0.15) is 18.6 Å². The third kappa shape index (κ3) is 5.51. The quantitative estimate of drug-likeness (QED) is 0.523. The highest BCUT2D eigenvalue weighted by molar-refractivity contribution is 7.99. The van der Waals surface area contributed by atoms with Crippen LogP contribution in [-0.2, 0) is 4.79 Å². The minimum atomic E-state index is -2.87. The van der Waals surface area contributed by atoms with Gasteiger partial charge in [-0.05, 0) is 42.7 Å². The summed E-state index contributed by atoms with van der Waals surface area (Å²) in [5.74, 6) is -0.0619. The van der Waals surface area contributed by atoms with Gasteiger partial charge in [-0.25, -0.2) is 0 Å². The number of hydrogen-bond acceptors (Lipinski definition) is 6. The van der Waals surface area contributed by atoms with E-state index in [-0.39, 0.29) is 17.4 Å². The first-order valence-electron chi connectivity index (χ1n) is 8.92. The fourth-order valence-corrected chi connectivity index (χ4v) is 3.69. The normalized spacial score (nSPS) is 15.4. The average Bonchev–Trinajstić information content (AvgIpc) is 3.09. The summed E-state index contributed by atoms with van der Waals surface area (Å²) < 4.78 is 30.4. The Bertz CT molecular complexity index is 821. The lowest BCUT2D eigenvalue weighted by Crippen LogP contribution is -2.11. The first kappa shape index (κ1) is 20.2. The van der Waals surface area contributed by atoms with Gasteiger partial charge in [0.1, 0.15) is 5.75 Å². The minimum absolute atomic E-state index is 0.0667. The van der Waals surface area contributed by atoms with Crippen LogP contribution in [0.2, 0.25) is 0 Å². The zero-order chi connectivity index (χ0) is 19.9. The molecule has 28 heavy (non-hydrogen) atoms. The van der Waals surface area contributed by atoms with Crippen LogP contribution < -0.4 is 4.74 Å². The highest BCUT2D eigenvalue weighted by Gasteiger charge is 2.23. The van der Waals surface area contributed by atoms with Crippen molar-refractivity contribution in [3.63, 3.8) is 0 Å². The lowest BCUT2D eigenvalue weighted by Gasteiger charge is -2.20. The molecule has 0 unspecified atom stereocenters. The number of carboxylic acid groups (broad SMARTS) is 1. The second-order valence-electron chi connectivity index (χ2n) is 6.36. The van der Waals surface area contributed by atoms with Gasteiger partial charge in [-0.1, -0.05) is 31.0 Å². The van der Waals surface area contributed by atoms with E-state index in [9.17, 15) is 13.6 Å². The largest absolute Gasteiger partial charge is 0.481 e. The molecule has 0 spiro atoms. The zero-order valence-electron chi connectivity index (χ0n) is 15.0. The fourth-order valence-electron chi connectivity index (χ4n) is 3.08. The SMILES string of the molecule is O=C(O)CSc1nnc(C2CCCCC2)n1/N=C\c1ccc(OC(F)F)cc1. The van der Waals surface area contributed by atoms with Crippen molar-refractivity contribution >= 4 is 23.9 Å². The van der Waals surface area contributed by atoms with Crippen molar-refractivity contribution in [2.45, 2.75) is 49.8 Å². The molecule has 0 bridgehead atoms. The highest BCUT2D eigenvalue weighted by Crippen LogP contribution is 2.33. The topological polar surface area (TPSA) is 89.6 Å². The molecule has 2 aromatic rings. The number of rotatable bonds is 8. The zero-order valence-corrected chi connectivity index (χ0v) is 15.8. The molecule has 1 saturated carbocycles. The molecule has 0 atom stereocenters. The number of carbonyl (C=O) groups is 1. The van der Waals surface area contributed by atoms with Gasteiger partial charge in [0.25, 0.3) is 0 Å². The molecule has 7 nitrogen and oxygen atoms in total. The van der Waals surface area contributed by atoms with Crippen molar-refractivity contribution in [2.75, 3.05) is 5.75 Å². The number of aliphatic carboxylic acids is 1. The van der Waals surface area contributed by atoms with E-state index in [0.717, 1.165) is 43.3 Å². The number of ether oxygens (including phenoxy) is 1. The Kier molecular flexibility index (Phi) is 6.96. The van der Waals surface area contributed by atoms with Crippen LogP contribution in [0.15, 0.2) is 34.5 Å². The van der Waals surface area contributed by atoms with E-state index in [1.807, 2.05) is 0 Å². The van der Waals surface area contributed by atoms with E-state index < -0.39 is 12.6 Å². The number of nitrogens with zero attached hydrogens (tertiary/aromatic N) is 4. The first-order valence-corrected chi connectivity index (χ1v) is 9.90. The maximum absolute atomic E-state index is 12.2. The lowest BCUT2D eigenvalue weighted by atomic mass is 9.89. The Labute approximate surface area is 164 Å². The van der Waals surface area contributed by atoms with Gasteiger partial charge in [-0.15, -0.1) is 10.2 Å². The maximum Gasteiger partial charge on any atom is 0.387 e. The Morgan fingerprint density at radius 3 is 2.64 bits per heavy atom. The molecule has 1 aliphatic rings. The van der Waals surface area contributed by atoms with Crippen molar-refractivity contribution in [3.05, 3.63) is 35.7 Å². The number of alkyl halides is 2. The second-order valence-corrected chi connectivity index (χ2v) is 7.30. The molecule has 150 valence electrons. The smallest absolute Gasteiger partial charge is 0.387 e. The summed E-state index contributed by atoms with van der Waals surface area (Å²) >= 11 is 1.06. The van der Waals surface area contributed by atoms with E-state index >= 15 is 0 Å². The highest BCUT2D eigenvalue weighted by atomic mass is 32.2. The molecule has 10 heteroatoms. The second kappa shape index (κ2) is 9.63. The molecule has 0 radical (unpaired) electrons. The van der Waals surface area contributed by atoms with Gasteiger partial charge in [0.2, 0.25) is 5.16 Å². The molecule has 0 aliphatic heterocycles. The number of hydrogen-bond donors (Lipinski definition) is 1. The summed E-state index contributed by atoms with van der Waals surface area (Å²) in [6, 6.07) is 6.08. The summed E-state index contributed by atoms with van der Waals surface area (Å²) in [5.41, 5.74) is 0.680. The molecule has 3 rings (SSSR count). The van der Waals surface area contributed by atoms with Crippen LogP contribution in [-0.4, -0.2) is 44.5 Å². The predicted molar refractivity (Wildman–Crippen MR) is 100 cm³/mol. The molecule has 0 saturated heterocycles. The van der Waals surface area contributed by atoms with Gasteiger partial charge in [0.15, 0.2) is 5.82 Å². The van der Waals surface area contributed by atoms with Gasteiger partial charge >= 0.3 is 12.6 Å². The van der Waals surface area contributed by atoms with E-state index in [1.165, 1.54) is 18.6 Å². The molecule has 1 aromatic heterocycles. The molecule has 1 aliphatic carbocycles. The van der Waals surface area contributed by atoms with Crippen LogP contribution in [0.25, 0.3) is 0 Å². The first-order chi connectivity index (χ1) is 13.5. The molecule has 1 fully saturated rings. The molecule has 1 heterocycles. The number of carboxylic acids is 1. The fraction of sp³-hybridized carbons (Fsp3) is 0.444.